The number of carboxylic acid groups (broad SMARTS) is 2. The molecule has 9 nitrogen and oxygen atoms in total. The molecule has 1 heterocycles. The average Bonchev–Trinajstić information content (AvgIpc) is 3.28. The van der Waals surface area contributed by atoms with Crippen molar-refractivity contribution in [3.8, 4) is 0 Å². The summed E-state index contributed by atoms with van der Waals surface area (Å²) in [6, 6.07) is -0.632. The second-order valence-electron chi connectivity index (χ2n) is 6.22. The highest BCUT2D eigenvalue weighted by Gasteiger charge is 2.59. The zero-order valence-electron chi connectivity index (χ0n) is 13.2. The Morgan fingerprint density at radius 3 is 2.54 bits per heavy atom. The molecule has 0 aromatic carbocycles. The zero-order chi connectivity index (χ0) is 18.0. The molecule has 1 saturated heterocycles. The van der Waals surface area contributed by atoms with Crippen LogP contribution in [0.4, 0.5) is 4.79 Å². The molecular formula is C14H23N2O7P. The lowest BCUT2D eigenvalue weighted by atomic mass is 9.76. The van der Waals surface area contributed by atoms with Gasteiger partial charge in [-0.2, -0.15) is 0 Å². The Bertz CT molecular complexity index is 575. The number of nitrogens with zero attached hydrogens (tertiary/aromatic N) is 1. The normalized spacial score (nSPS) is 28.5. The summed E-state index contributed by atoms with van der Waals surface area (Å²) in [5, 5.41) is 18.9. The number of aliphatic carboxylic acids is 1. The Hall–Kier alpha value is -1.41. The minimum Gasteiger partial charge on any atom is -0.481 e. The van der Waals surface area contributed by atoms with E-state index < -0.39 is 37.8 Å². The van der Waals surface area contributed by atoms with Gasteiger partial charge >= 0.3 is 19.7 Å². The Morgan fingerprint density at radius 2 is 2.04 bits per heavy atom. The van der Waals surface area contributed by atoms with Gasteiger partial charge in [-0.25, -0.2) is 4.79 Å². The first-order valence-corrected chi connectivity index (χ1v) is 9.56. The minimum absolute atomic E-state index is 0.305. The van der Waals surface area contributed by atoms with Gasteiger partial charge in [0.1, 0.15) is 6.73 Å². The standard InChI is InChI=1S/C14H23N2O7P/c15-9-23-24(21,22)8-2-4-11-10(14(5-6-14)12(17)18)3-1-7-16(11)13(19)20/h2,4,10-11H,1,3,5-9,15H2,(H,17,18)(H,19,20)(H,21,22)/t10-,11-/m1/s1. The second-order valence-corrected chi connectivity index (χ2v) is 8.12. The zero-order valence-corrected chi connectivity index (χ0v) is 14.1. The number of hydrogen-bond acceptors (Lipinski definition) is 5. The van der Waals surface area contributed by atoms with Gasteiger partial charge in [0.25, 0.3) is 0 Å². The van der Waals surface area contributed by atoms with E-state index in [4.69, 9.17) is 5.73 Å². The van der Waals surface area contributed by atoms with E-state index in [0.717, 1.165) is 0 Å². The molecule has 1 amide bonds. The Kier molecular flexibility index (Phi) is 5.70. The molecule has 0 radical (unpaired) electrons. The highest BCUT2D eigenvalue weighted by Crippen LogP contribution is 2.56. The quantitative estimate of drug-likeness (QED) is 0.300. The van der Waals surface area contributed by atoms with Crippen molar-refractivity contribution in [2.45, 2.75) is 31.7 Å². The average molecular weight is 362 g/mol. The van der Waals surface area contributed by atoms with Crippen LogP contribution in [0.25, 0.3) is 0 Å². The maximum absolute atomic E-state index is 11.6. The van der Waals surface area contributed by atoms with Crippen molar-refractivity contribution >= 4 is 19.7 Å². The lowest BCUT2D eigenvalue weighted by Crippen LogP contribution is -2.51. The lowest BCUT2D eigenvalue weighted by Gasteiger charge is -2.41. The van der Waals surface area contributed by atoms with Crippen LogP contribution < -0.4 is 5.73 Å². The van der Waals surface area contributed by atoms with Gasteiger partial charge in [0.05, 0.1) is 17.6 Å². The number of likely N-dealkylation sites (tertiary alicyclic amines) is 1. The number of piperidine rings is 1. The van der Waals surface area contributed by atoms with Crippen molar-refractivity contribution in [1.29, 1.82) is 0 Å². The molecule has 136 valence electrons. The largest absolute Gasteiger partial charge is 0.481 e. The minimum atomic E-state index is -3.86. The van der Waals surface area contributed by atoms with Gasteiger partial charge in [0.15, 0.2) is 0 Å². The van der Waals surface area contributed by atoms with Gasteiger partial charge in [0, 0.05) is 6.54 Å². The van der Waals surface area contributed by atoms with Crippen molar-refractivity contribution in [2.24, 2.45) is 17.1 Å². The summed E-state index contributed by atoms with van der Waals surface area (Å²) >= 11 is 0. The van der Waals surface area contributed by atoms with E-state index in [1.54, 1.807) is 0 Å². The molecule has 10 heteroatoms. The topological polar surface area (TPSA) is 150 Å². The predicted molar refractivity (Wildman–Crippen MR) is 84.5 cm³/mol. The molecule has 2 rings (SSSR count). The van der Waals surface area contributed by atoms with Crippen LogP contribution >= 0.6 is 7.60 Å². The molecule has 24 heavy (non-hydrogen) atoms. The molecule has 5 N–H and O–H groups in total. The van der Waals surface area contributed by atoms with Crippen LogP contribution in [0, 0.1) is 11.3 Å². The number of nitrogens with two attached hydrogens (primary N) is 1. The van der Waals surface area contributed by atoms with Crippen LogP contribution in [0.15, 0.2) is 12.2 Å². The number of hydrogen-bond donors (Lipinski definition) is 4. The molecule has 2 fully saturated rings. The van der Waals surface area contributed by atoms with E-state index >= 15 is 0 Å². The summed E-state index contributed by atoms with van der Waals surface area (Å²) < 4.78 is 16.2. The van der Waals surface area contributed by atoms with E-state index in [1.165, 1.54) is 17.1 Å². The third kappa shape index (κ3) is 3.97. The fraction of sp³-hybridized carbons (Fsp3) is 0.714. The number of allylic oxidation sites excluding steroid dienone is 1. The lowest BCUT2D eigenvalue weighted by molar-refractivity contribution is -0.147. The van der Waals surface area contributed by atoms with Crippen LogP contribution in [0.5, 0.6) is 0 Å². The monoisotopic (exact) mass is 362 g/mol. The SMILES string of the molecule is NCOP(=O)(O)CC=C[C@@H]1[C@H](C2(C(=O)O)CC2)CCCN1C(=O)O. The second kappa shape index (κ2) is 7.23. The molecule has 0 aromatic rings. The molecule has 0 aromatic heterocycles. The van der Waals surface area contributed by atoms with Crippen molar-refractivity contribution in [3.05, 3.63) is 12.2 Å². The molecule has 1 saturated carbocycles. The molecule has 1 unspecified atom stereocenters. The van der Waals surface area contributed by atoms with E-state index in [0.29, 0.717) is 32.2 Å². The summed E-state index contributed by atoms with van der Waals surface area (Å²) in [5.74, 6) is -1.25. The molecule has 0 bridgehead atoms. The molecule has 0 spiro atoms. The fourth-order valence-corrected chi connectivity index (χ4v) is 4.19. The Morgan fingerprint density at radius 1 is 1.38 bits per heavy atom. The van der Waals surface area contributed by atoms with Crippen molar-refractivity contribution < 1.29 is 33.8 Å². The summed E-state index contributed by atoms with van der Waals surface area (Å²) in [5.41, 5.74) is 4.19. The van der Waals surface area contributed by atoms with Crippen LogP contribution in [-0.4, -0.2) is 57.5 Å². The van der Waals surface area contributed by atoms with Gasteiger partial charge in [-0.1, -0.05) is 12.2 Å². The Balaban J connectivity index is 2.20. The van der Waals surface area contributed by atoms with E-state index in [2.05, 4.69) is 4.52 Å². The fourth-order valence-electron chi connectivity index (χ4n) is 3.46. The summed E-state index contributed by atoms with van der Waals surface area (Å²) in [6.07, 6.45) is 3.74. The molecule has 2 aliphatic rings. The number of rotatable bonds is 7. The third-order valence-electron chi connectivity index (χ3n) is 4.80. The smallest absolute Gasteiger partial charge is 0.407 e. The first-order valence-electron chi connectivity index (χ1n) is 7.79. The maximum atomic E-state index is 11.6. The van der Waals surface area contributed by atoms with E-state index in [9.17, 15) is 29.3 Å². The highest BCUT2D eigenvalue weighted by atomic mass is 31.2. The van der Waals surface area contributed by atoms with Crippen LogP contribution in [0.1, 0.15) is 25.7 Å². The summed E-state index contributed by atoms with van der Waals surface area (Å²) in [7, 11) is -3.86. The highest BCUT2D eigenvalue weighted by molar-refractivity contribution is 7.53. The van der Waals surface area contributed by atoms with Gasteiger partial charge in [0.2, 0.25) is 0 Å². The molecule has 1 aliphatic heterocycles. The first-order chi connectivity index (χ1) is 11.2. The summed E-state index contributed by atoms with van der Waals surface area (Å²) in [4.78, 5) is 33.8. The molecular weight excluding hydrogens is 339 g/mol. The van der Waals surface area contributed by atoms with Crippen LogP contribution in [0.2, 0.25) is 0 Å². The van der Waals surface area contributed by atoms with Crippen molar-refractivity contribution in [3.63, 3.8) is 0 Å². The van der Waals surface area contributed by atoms with Crippen molar-refractivity contribution in [2.75, 3.05) is 19.4 Å². The first kappa shape index (κ1) is 18.9. The number of carbonyl (C=O) groups is 2. The van der Waals surface area contributed by atoms with Gasteiger partial charge < -0.3 is 25.7 Å². The maximum Gasteiger partial charge on any atom is 0.407 e. The number of carboxylic acids is 1. The Labute approximate surface area is 139 Å². The van der Waals surface area contributed by atoms with Gasteiger partial charge in [-0.3, -0.25) is 13.9 Å². The summed E-state index contributed by atoms with van der Waals surface area (Å²) in [6.45, 7) is -0.0797. The number of amides is 1. The van der Waals surface area contributed by atoms with Crippen LogP contribution in [0.3, 0.4) is 0 Å². The van der Waals surface area contributed by atoms with Crippen LogP contribution in [-0.2, 0) is 13.9 Å². The molecule has 3 atom stereocenters. The predicted octanol–water partition coefficient (Wildman–Crippen LogP) is 1.28. The van der Waals surface area contributed by atoms with E-state index in [1.807, 2.05) is 0 Å². The van der Waals surface area contributed by atoms with Gasteiger partial charge in [-0.05, 0) is 31.6 Å². The van der Waals surface area contributed by atoms with E-state index in [-0.39, 0.29) is 12.1 Å². The molecule has 1 aliphatic carbocycles. The van der Waals surface area contributed by atoms with Crippen molar-refractivity contribution in [1.82, 2.24) is 4.90 Å². The van der Waals surface area contributed by atoms with Gasteiger partial charge in [-0.15, -0.1) is 0 Å². The third-order valence-corrected chi connectivity index (χ3v) is 6.03.